The van der Waals surface area contributed by atoms with Crippen LogP contribution in [-0.4, -0.2) is 18.0 Å². The zero-order valence-electron chi connectivity index (χ0n) is 7.45. The largest absolute Gasteiger partial charge is 0.377 e. The first-order valence-electron chi connectivity index (χ1n) is 4.54. The molecule has 2 atom stereocenters. The van der Waals surface area contributed by atoms with E-state index in [2.05, 4.69) is 12.3 Å². The van der Waals surface area contributed by atoms with E-state index in [-0.39, 0.29) is 0 Å². The molecule has 0 bridgehead atoms. The number of hydrogen-bond acceptors (Lipinski definition) is 3. The second kappa shape index (κ2) is 5.45. The molecule has 2 nitrogen and oxygen atoms in total. The van der Waals surface area contributed by atoms with Crippen LogP contribution < -0.4 is 0 Å². The fourth-order valence-electron chi connectivity index (χ4n) is 1.55. The smallest absolute Gasteiger partial charge is 0.133 e. The lowest BCUT2D eigenvalue weighted by Crippen LogP contribution is -2.29. The van der Waals surface area contributed by atoms with Crippen LogP contribution in [0, 0.1) is 10.7 Å². The molecule has 0 saturated carbocycles. The van der Waals surface area contributed by atoms with E-state index in [1.165, 1.54) is 24.6 Å². The fraction of sp³-hybridized carbons (Fsp3) is 0.889. The van der Waals surface area contributed by atoms with Crippen LogP contribution in [0.2, 0.25) is 0 Å². The molecule has 0 radical (unpaired) electrons. The summed E-state index contributed by atoms with van der Waals surface area (Å²) in [6, 6.07) is 0. The summed E-state index contributed by atoms with van der Waals surface area (Å²) in [7, 11) is 0. The Morgan fingerprint density at radius 2 is 2.50 bits per heavy atom. The molecular weight excluding hydrogens is 170 g/mol. The van der Waals surface area contributed by atoms with Crippen molar-refractivity contribution in [3.8, 4) is 5.40 Å². The summed E-state index contributed by atoms with van der Waals surface area (Å²) in [6.07, 6.45) is 4.93. The van der Waals surface area contributed by atoms with Gasteiger partial charge in [0, 0.05) is 11.9 Å². The molecule has 12 heavy (non-hydrogen) atoms. The number of thiocyanates is 1. The predicted molar refractivity (Wildman–Crippen MR) is 50.9 cm³/mol. The van der Waals surface area contributed by atoms with Gasteiger partial charge in [-0.1, -0.05) is 6.92 Å². The number of ether oxygens (including phenoxy) is 1. The Hall–Kier alpha value is -0.200. The molecule has 0 aromatic rings. The minimum absolute atomic E-state index is 0.327. The monoisotopic (exact) mass is 185 g/mol. The molecule has 1 aliphatic rings. The van der Waals surface area contributed by atoms with E-state index in [0.717, 1.165) is 19.4 Å². The summed E-state index contributed by atoms with van der Waals surface area (Å²) in [5, 5.41) is 11.1. The average molecular weight is 185 g/mol. The summed E-state index contributed by atoms with van der Waals surface area (Å²) < 4.78 is 5.61. The second-order valence-corrected chi connectivity index (χ2v) is 4.08. The van der Waals surface area contributed by atoms with Gasteiger partial charge in [0.15, 0.2) is 0 Å². The van der Waals surface area contributed by atoms with E-state index >= 15 is 0 Å². The zero-order valence-corrected chi connectivity index (χ0v) is 8.27. The topological polar surface area (TPSA) is 33.0 Å². The van der Waals surface area contributed by atoms with Crippen molar-refractivity contribution in [2.75, 3.05) is 6.61 Å². The van der Waals surface area contributed by atoms with Crippen molar-refractivity contribution in [1.29, 1.82) is 5.26 Å². The van der Waals surface area contributed by atoms with Crippen molar-refractivity contribution in [3.05, 3.63) is 0 Å². The molecule has 0 unspecified atom stereocenters. The van der Waals surface area contributed by atoms with Crippen molar-refractivity contribution in [1.82, 2.24) is 0 Å². The third-order valence-corrected chi connectivity index (χ3v) is 3.28. The van der Waals surface area contributed by atoms with Crippen LogP contribution in [0.5, 0.6) is 0 Å². The molecule has 0 N–H and O–H groups in total. The van der Waals surface area contributed by atoms with Gasteiger partial charge in [-0.25, -0.2) is 0 Å². The second-order valence-electron chi connectivity index (χ2n) is 3.06. The normalized spacial score (nSPS) is 26.2. The number of nitrogens with zero attached hydrogens (tertiary/aromatic N) is 1. The minimum Gasteiger partial charge on any atom is -0.377 e. The van der Waals surface area contributed by atoms with Crippen LogP contribution >= 0.6 is 11.8 Å². The minimum atomic E-state index is 0.327. The van der Waals surface area contributed by atoms with Gasteiger partial charge in [0.2, 0.25) is 0 Å². The van der Waals surface area contributed by atoms with E-state index in [4.69, 9.17) is 10.00 Å². The first-order valence-corrected chi connectivity index (χ1v) is 5.42. The molecule has 1 rings (SSSR count). The molecule has 3 heteroatoms. The van der Waals surface area contributed by atoms with Crippen LogP contribution in [0.4, 0.5) is 0 Å². The first-order chi connectivity index (χ1) is 5.88. The van der Waals surface area contributed by atoms with Gasteiger partial charge in [0.05, 0.1) is 6.10 Å². The van der Waals surface area contributed by atoms with Gasteiger partial charge in [-0.2, -0.15) is 5.26 Å². The van der Waals surface area contributed by atoms with Crippen LogP contribution in [0.1, 0.15) is 32.6 Å². The first kappa shape index (κ1) is 9.88. The lowest BCUT2D eigenvalue weighted by Gasteiger charge is -2.27. The summed E-state index contributed by atoms with van der Waals surface area (Å²) >= 11 is 1.36. The molecule has 0 aromatic heterocycles. The van der Waals surface area contributed by atoms with Crippen LogP contribution in [-0.2, 0) is 4.74 Å². The summed E-state index contributed by atoms with van der Waals surface area (Å²) in [6.45, 7) is 3.00. The molecule has 0 spiro atoms. The molecular formula is C9H15NOS. The maximum absolute atomic E-state index is 8.56. The van der Waals surface area contributed by atoms with E-state index < -0.39 is 0 Å². The highest BCUT2D eigenvalue weighted by Gasteiger charge is 2.23. The Bertz CT molecular complexity index is 160. The maximum Gasteiger partial charge on any atom is 0.133 e. The van der Waals surface area contributed by atoms with Gasteiger partial charge in [-0.15, -0.1) is 0 Å². The fourth-order valence-corrected chi connectivity index (χ4v) is 2.22. The molecule has 0 amide bonds. The molecule has 1 saturated heterocycles. The van der Waals surface area contributed by atoms with Crippen LogP contribution in [0.15, 0.2) is 0 Å². The summed E-state index contributed by atoms with van der Waals surface area (Å²) in [4.78, 5) is 0. The quantitative estimate of drug-likeness (QED) is 0.633. The Balaban J connectivity index is 2.36. The van der Waals surface area contributed by atoms with Crippen molar-refractivity contribution in [2.24, 2.45) is 0 Å². The molecule has 0 aliphatic carbocycles. The lowest BCUT2D eigenvalue weighted by atomic mass is 10.0. The van der Waals surface area contributed by atoms with Crippen molar-refractivity contribution >= 4 is 11.8 Å². The molecule has 0 aromatic carbocycles. The Kier molecular flexibility index (Phi) is 4.49. The summed E-state index contributed by atoms with van der Waals surface area (Å²) in [5.74, 6) is 0. The zero-order chi connectivity index (χ0) is 8.81. The number of hydrogen-bond donors (Lipinski definition) is 0. The van der Waals surface area contributed by atoms with Gasteiger partial charge >= 0.3 is 0 Å². The standard InChI is InChI=1S/C9H15NOS/c1-2-9(12-7-10)8-5-3-4-6-11-8/h8-9H,2-6H2,1H3/t8-,9-/m0/s1. The predicted octanol–water partition coefficient (Wildman–Crippen LogP) is 2.55. The van der Waals surface area contributed by atoms with Gasteiger partial charge in [-0.3, -0.25) is 0 Å². The highest BCUT2D eigenvalue weighted by atomic mass is 32.2. The third kappa shape index (κ3) is 2.69. The number of rotatable bonds is 3. The van der Waals surface area contributed by atoms with Gasteiger partial charge in [0.1, 0.15) is 5.40 Å². The lowest BCUT2D eigenvalue weighted by molar-refractivity contribution is 0.0149. The van der Waals surface area contributed by atoms with Crippen LogP contribution in [0.25, 0.3) is 0 Å². The van der Waals surface area contributed by atoms with Gasteiger partial charge < -0.3 is 4.74 Å². The Morgan fingerprint density at radius 1 is 1.67 bits per heavy atom. The van der Waals surface area contributed by atoms with Gasteiger partial charge in [0.25, 0.3) is 0 Å². The van der Waals surface area contributed by atoms with Crippen LogP contribution in [0.3, 0.4) is 0 Å². The molecule has 68 valence electrons. The van der Waals surface area contributed by atoms with E-state index in [1.807, 2.05) is 0 Å². The molecule has 1 aliphatic heterocycles. The van der Waals surface area contributed by atoms with Gasteiger partial charge in [-0.05, 0) is 37.4 Å². The summed E-state index contributed by atoms with van der Waals surface area (Å²) in [5.41, 5.74) is 0. The van der Waals surface area contributed by atoms with E-state index in [1.54, 1.807) is 0 Å². The Morgan fingerprint density at radius 3 is 3.00 bits per heavy atom. The highest BCUT2D eigenvalue weighted by molar-refractivity contribution is 8.04. The SMILES string of the molecule is CC[C@H](SC#N)[C@@H]1CCCCO1. The van der Waals surface area contributed by atoms with E-state index in [9.17, 15) is 0 Å². The molecule has 1 heterocycles. The van der Waals surface area contributed by atoms with Crippen molar-refractivity contribution in [3.63, 3.8) is 0 Å². The Labute approximate surface area is 78.3 Å². The number of thioether (sulfide) groups is 1. The highest BCUT2D eigenvalue weighted by Crippen LogP contribution is 2.25. The number of nitriles is 1. The third-order valence-electron chi connectivity index (χ3n) is 2.24. The average Bonchev–Trinajstić information content (AvgIpc) is 2.15. The van der Waals surface area contributed by atoms with E-state index in [0.29, 0.717) is 11.4 Å². The maximum atomic E-state index is 8.56. The van der Waals surface area contributed by atoms with Crippen molar-refractivity contribution < 1.29 is 4.74 Å². The van der Waals surface area contributed by atoms with Crippen molar-refractivity contribution in [2.45, 2.75) is 44.0 Å². The molecule has 1 fully saturated rings.